The summed E-state index contributed by atoms with van der Waals surface area (Å²) in [6.07, 6.45) is 3.06. The molecule has 2 amide bonds. The van der Waals surface area contributed by atoms with Crippen LogP contribution in [0.2, 0.25) is 0 Å². The zero-order valence-electron chi connectivity index (χ0n) is 15.8. The van der Waals surface area contributed by atoms with Crippen molar-refractivity contribution in [1.29, 1.82) is 0 Å². The molecule has 0 aliphatic carbocycles. The molecule has 0 aliphatic heterocycles. The lowest BCUT2D eigenvalue weighted by atomic mass is 10.2. The predicted octanol–water partition coefficient (Wildman–Crippen LogP) is 4.60. The number of amides is 2. The Balaban J connectivity index is 1.56. The normalized spacial score (nSPS) is 10.4. The Bertz CT molecular complexity index is 1080. The molecule has 3 N–H and O–H groups in total. The number of halogens is 1. The van der Waals surface area contributed by atoms with E-state index in [4.69, 9.17) is 12.2 Å². The van der Waals surface area contributed by atoms with Gasteiger partial charge in [-0.25, -0.2) is 4.39 Å². The molecule has 3 rings (SSSR count). The van der Waals surface area contributed by atoms with Gasteiger partial charge in [-0.15, -0.1) is 0 Å². The first kappa shape index (κ1) is 20.9. The van der Waals surface area contributed by atoms with E-state index in [0.717, 1.165) is 5.56 Å². The second-order valence-electron chi connectivity index (χ2n) is 6.23. The molecule has 150 valence electrons. The summed E-state index contributed by atoms with van der Waals surface area (Å²) in [7, 11) is 0. The highest BCUT2D eigenvalue weighted by Crippen LogP contribution is 2.14. The standard InChI is InChI=1S/C23H18FN3O2S/c24-18-10-12-19(13-11-18)25-22(29)17-7-4-8-20(15-17)26-23(30)27-21(28)14-9-16-5-2-1-3-6-16/h1-15H,(H,25,29)(H2,26,27,28,30)/b14-9+. The Labute approximate surface area is 178 Å². The van der Waals surface area contributed by atoms with Crippen LogP contribution in [0.5, 0.6) is 0 Å². The van der Waals surface area contributed by atoms with Gasteiger partial charge in [-0.1, -0.05) is 36.4 Å². The minimum atomic E-state index is -0.381. The molecular formula is C23H18FN3O2S. The van der Waals surface area contributed by atoms with Gasteiger partial charge in [0, 0.05) is 23.0 Å². The summed E-state index contributed by atoms with van der Waals surface area (Å²) in [5.74, 6) is -1.11. The Hall–Kier alpha value is -3.84. The van der Waals surface area contributed by atoms with Crippen LogP contribution in [0.1, 0.15) is 15.9 Å². The van der Waals surface area contributed by atoms with E-state index in [2.05, 4.69) is 16.0 Å². The zero-order valence-corrected chi connectivity index (χ0v) is 16.6. The van der Waals surface area contributed by atoms with Crippen LogP contribution < -0.4 is 16.0 Å². The molecule has 0 bridgehead atoms. The van der Waals surface area contributed by atoms with Gasteiger partial charge in [0.1, 0.15) is 5.82 Å². The number of thiocarbonyl (C=S) groups is 1. The summed E-state index contributed by atoms with van der Waals surface area (Å²) in [4.78, 5) is 24.4. The maximum Gasteiger partial charge on any atom is 0.255 e. The van der Waals surface area contributed by atoms with Gasteiger partial charge in [-0.2, -0.15) is 0 Å². The third kappa shape index (κ3) is 6.35. The number of carbonyl (C=O) groups is 2. The van der Waals surface area contributed by atoms with Gasteiger partial charge in [-0.3, -0.25) is 14.9 Å². The molecule has 0 aliphatic rings. The van der Waals surface area contributed by atoms with Crippen LogP contribution in [-0.4, -0.2) is 16.9 Å². The molecule has 0 fully saturated rings. The van der Waals surface area contributed by atoms with Crippen LogP contribution in [0.15, 0.2) is 84.9 Å². The van der Waals surface area contributed by atoms with E-state index in [-0.39, 0.29) is 22.7 Å². The fourth-order valence-corrected chi connectivity index (χ4v) is 2.75. The third-order valence-electron chi connectivity index (χ3n) is 3.95. The van der Waals surface area contributed by atoms with Crippen molar-refractivity contribution >= 4 is 46.6 Å². The van der Waals surface area contributed by atoms with Gasteiger partial charge < -0.3 is 10.6 Å². The topological polar surface area (TPSA) is 70.2 Å². The third-order valence-corrected chi connectivity index (χ3v) is 4.15. The number of rotatable bonds is 5. The van der Waals surface area contributed by atoms with Crippen molar-refractivity contribution in [2.75, 3.05) is 10.6 Å². The van der Waals surface area contributed by atoms with Crippen molar-refractivity contribution in [3.05, 3.63) is 102 Å². The number of benzene rings is 3. The Kier molecular flexibility index (Phi) is 7.02. The maximum atomic E-state index is 13.0. The lowest BCUT2D eigenvalue weighted by molar-refractivity contribution is -0.115. The minimum absolute atomic E-state index is 0.105. The lowest BCUT2D eigenvalue weighted by Gasteiger charge is -2.10. The van der Waals surface area contributed by atoms with E-state index in [1.165, 1.54) is 30.3 Å². The van der Waals surface area contributed by atoms with Crippen molar-refractivity contribution in [2.24, 2.45) is 0 Å². The van der Waals surface area contributed by atoms with Crippen molar-refractivity contribution in [2.45, 2.75) is 0 Å². The van der Waals surface area contributed by atoms with Crippen molar-refractivity contribution in [3.8, 4) is 0 Å². The summed E-state index contributed by atoms with van der Waals surface area (Å²) in [6.45, 7) is 0. The number of nitrogens with one attached hydrogen (secondary N) is 3. The highest BCUT2D eigenvalue weighted by molar-refractivity contribution is 7.80. The van der Waals surface area contributed by atoms with Gasteiger partial charge >= 0.3 is 0 Å². The molecule has 7 heteroatoms. The monoisotopic (exact) mass is 419 g/mol. The SMILES string of the molecule is O=C(/C=C/c1ccccc1)NC(=S)Nc1cccc(C(=O)Nc2ccc(F)cc2)c1. The molecular weight excluding hydrogens is 401 g/mol. The summed E-state index contributed by atoms with van der Waals surface area (Å²) in [5.41, 5.74) is 2.29. The highest BCUT2D eigenvalue weighted by atomic mass is 32.1. The summed E-state index contributed by atoms with van der Waals surface area (Å²) >= 11 is 5.16. The molecule has 0 atom stereocenters. The summed E-state index contributed by atoms with van der Waals surface area (Å²) in [6, 6.07) is 21.5. The van der Waals surface area contributed by atoms with E-state index >= 15 is 0 Å². The first-order valence-electron chi connectivity index (χ1n) is 9.02. The van der Waals surface area contributed by atoms with E-state index < -0.39 is 0 Å². The van der Waals surface area contributed by atoms with E-state index in [1.54, 1.807) is 30.3 Å². The number of carbonyl (C=O) groups excluding carboxylic acids is 2. The van der Waals surface area contributed by atoms with Crippen molar-refractivity contribution in [1.82, 2.24) is 5.32 Å². The van der Waals surface area contributed by atoms with Crippen molar-refractivity contribution in [3.63, 3.8) is 0 Å². The van der Waals surface area contributed by atoms with Crippen LogP contribution in [0, 0.1) is 5.82 Å². The van der Waals surface area contributed by atoms with E-state index in [1.807, 2.05) is 30.3 Å². The van der Waals surface area contributed by atoms with Gasteiger partial charge in [0.15, 0.2) is 5.11 Å². The Morgan fingerprint density at radius 2 is 1.57 bits per heavy atom. The van der Waals surface area contributed by atoms with Crippen LogP contribution in [-0.2, 0) is 4.79 Å². The average Bonchev–Trinajstić information content (AvgIpc) is 2.74. The Morgan fingerprint density at radius 1 is 0.833 bits per heavy atom. The molecule has 30 heavy (non-hydrogen) atoms. The molecule has 0 aromatic heterocycles. The van der Waals surface area contributed by atoms with Gasteiger partial charge in [0.25, 0.3) is 5.91 Å². The van der Waals surface area contributed by atoms with Crippen molar-refractivity contribution < 1.29 is 14.0 Å². The summed E-state index contributed by atoms with van der Waals surface area (Å²) in [5, 5.41) is 8.22. The Morgan fingerprint density at radius 3 is 2.30 bits per heavy atom. The van der Waals surface area contributed by atoms with E-state index in [0.29, 0.717) is 16.9 Å². The quantitative estimate of drug-likeness (QED) is 0.417. The molecule has 0 heterocycles. The fraction of sp³-hybridized carbons (Fsp3) is 0. The number of hydrogen-bond acceptors (Lipinski definition) is 3. The highest BCUT2D eigenvalue weighted by Gasteiger charge is 2.08. The largest absolute Gasteiger partial charge is 0.332 e. The van der Waals surface area contributed by atoms with Gasteiger partial charge in [0.05, 0.1) is 0 Å². The van der Waals surface area contributed by atoms with Gasteiger partial charge in [-0.05, 0) is 66.3 Å². The van der Waals surface area contributed by atoms with Crippen LogP contribution >= 0.6 is 12.2 Å². The molecule has 0 radical (unpaired) electrons. The molecule has 5 nitrogen and oxygen atoms in total. The lowest BCUT2D eigenvalue weighted by Crippen LogP contribution is -2.32. The predicted molar refractivity (Wildman–Crippen MR) is 121 cm³/mol. The average molecular weight is 419 g/mol. The number of hydrogen-bond donors (Lipinski definition) is 3. The minimum Gasteiger partial charge on any atom is -0.332 e. The molecule has 0 unspecified atom stereocenters. The first-order chi connectivity index (χ1) is 14.5. The van der Waals surface area contributed by atoms with Crippen LogP contribution in [0.3, 0.4) is 0 Å². The van der Waals surface area contributed by atoms with E-state index in [9.17, 15) is 14.0 Å². The molecule has 3 aromatic rings. The summed E-state index contributed by atoms with van der Waals surface area (Å²) < 4.78 is 13.0. The second kappa shape index (κ2) is 10.1. The molecule has 3 aromatic carbocycles. The molecule has 0 spiro atoms. The maximum absolute atomic E-state index is 13.0. The first-order valence-corrected chi connectivity index (χ1v) is 9.42. The second-order valence-corrected chi connectivity index (χ2v) is 6.64. The molecule has 0 saturated carbocycles. The molecule has 0 saturated heterocycles. The van der Waals surface area contributed by atoms with Gasteiger partial charge in [0.2, 0.25) is 5.91 Å². The van der Waals surface area contributed by atoms with Crippen LogP contribution in [0.25, 0.3) is 6.08 Å². The number of anilines is 2. The zero-order chi connectivity index (χ0) is 21.3. The van der Waals surface area contributed by atoms with Crippen LogP contribution in [0.4, 0.5) is 15.8 Å². The fourth-order valence-electron chi connectivity index (χ4n) is 2.53. The smallest absolute Gasteiger partial charge is 0.255 e.